The van der Waals surface area contributed by atoms with Crippen molar-refractivity contribution in [3.8, 4) is 11.3 Å². The second kappa shape index (κ2) is 4.84. The number of hydrogen-bond acceptors (Lipinski definition) is 1. The quantitative estimate of drug-likeness (QED) is 0.604. The second-order valence-electron chi connectivity index (χ2n) is 4.52. The van der Waals surface area contributed by atoms with E-state index in [0.717, 1.165) is 17.2 Å². The fourth-order valence-electron chi connectivity index (χ4n) is 2.21. The molecule has 0 fully saturated rings. The average molecular weight is 290 g/mol. The molecule has 3 aromatic rings. The van der Waals surface area contributed by atoms with Crippen molar-refractivity contribution in [1.82, 2.24) is 4.98 Å². The predicted octanol–water partition coefficient (Wildman–Crippen LogP) is 5.14. The van der Waals surface area contributed by atoms with E-state index in [1.165, 1.54) is 6.07 Å². The molecule has 0 N–H and O–H groups in total. The lowest BCUT2D eigenvalue weighted by Gasteiger charge is -2.11. The zero-order valence-corrected chi connectivity index (χ0v) is 11.4. The average Bonchev–Trinajstić information content (AvgIpc) is 2.47. The summed E-state index contributed by atoms with van der Waals surface area (Å²) < 4.78 is 27.3. The maximum atomic E-state index is 13.9. The highest BCUT2D eigenvalue weighted by atomic mass is 35.5. The molecule has 0 unspecified atom stereocenters. The van der Waals surface area contributed by atoms with Gasteiger partial charge in [0.25, 0.3) is 0 Å². The number of fused-ring (bicyclic) bond motifs is 1. The molecule has 0 atom stereocenters. The Morgan fingerprint density at radius 1 is 1.00 bits per heavy atom. The summed E-state index contributed by atoms with van der Waals surface area (Å²) in [4.78, 5) is 4.27. The SMILES string of the molecule is Cc1c(-c2ccccc2)nc2c(F)c(F)ccc2c1Cl. The van der Waals surface area contributed by atoms with Gasteiger partial charge in [0.15, 0.2) is 11.6 Å². The minimum absolute atomic E-state index is 0.0422. The summed E-state index contributed by atoms with van der Waals surface area (Å²) in [5.41, 5.74) is 2.08. The van der Waals surface area contributed by atoms with Crippen LogP contribution < -0.4 is 0 Å². The van der Waals surface area contributed by atoms with E-state index < -0.39 is 11.6 Å². The number of rotatable bonds is 1. The molecule has 4 heteroatoms. The van der Waals surface area contributed by atoms with Crippen LogP contribution in [-0.4, -0.2) is 4.98 Å². The Bertz CT molecular complexity index is 801. The second-order valence-corrected chi connectivity index (χ2v) is 4.90. The van der Waals surface area contributed by atoms with E-state index in [1.54, 1.807) is 0 Å². The lowest BCUT2D eigenvalue weighted by molar-refractivity contribution is 0.515. The Morgan fingerprint density at radius 3 is 2.40 bits per heavy atom. The zero-order chi connectivity index (χ0) is 14.3. The van der Waals surface area contributed by atoms with Crippen molar-refractivity contribution in [3.05, 3.63) is 64.7 Å². The summed E-state index contributed by atoms with van der Waals surface area (Å²) in [5, 5.41) is 0.815. The van der Waals surface area contributed by atoms with Crippen LogP contribution in [0.1, 0.15) is 5.56 Å². The van der Waals surface area contributed by atoms with Gasteiger partial charge in [-0.1, -0.05) is 41.9 Å². The van der Waals surface area contributed by atoms with Crippen LogP contribution in [0.5, 0.6) is 0 Å². The Morgan fingerprint density at radius 2 is 1.70 bits per heavy atom. The Kier molecular flexibility index (Phi) is 3.14. The first-order valence-corrected chi connectivity index (χ1v) is 6.46. The van der Waals surface area contributed by atoms with Crippen LogP contribution in [0.25, 0.3) is 22.2 Å². The Hall–Kier alpha value is -2.00. The highest BCUT2D eigenvalue weighted by Gasteiger charge is 2.16. The third kappa shape index (κ3) is 1.95. The van der Waals surface area contributed by atoms with Gasteiger partial charge < -0.3 is 0 Å². The number of benzene rings is 2. The summed E-state index contributed by atoms with van der Waals surface area (Å²) >= 11 is 6.28. The Balaban J connectivity index is 2.40. The summed E-state index contributed by atoms with van der Waals surface area (Å²) in [6, 6.07) is 11.8. The van der Waals surface area contributed by atoms with E-state index in [9.17, 15) is 8.78 Å². The molecule has 1 heterocycles. The van der Waals surface area contributed by atoms with Gasteiger partial charge >= 0.3 is 0 Å². The topological polar surface area (TPSA) is 12.9 Å². The molecule has 0 saturated carbocycles. The minimum Gasteiger partial charge on any atom is -0.244 e. The van der Waals surface area contributed by atoms with E-state index in [1.807, 2.05) is 37.3 Å². The molecular formula is C16H10ClF2N. The minimum atomic E-state index is -0.971. The molecule has 0 aliphatic rings. The van der Waals surface area contributed by atoms with Crippen molar-refractivity contribution < 1.29 is 8.78 Å². The van der Waals surface area contributed by atoms with Crippen LogP contribution >= 0.6 is 11.6 Å². The number of pyridine rings is 1. The van der Waals surface area contributed by atoms with Crippen molar-refractivity contribution in [2.45, 2.75) is 6.92 Å². The number of hydrogen-bond donors (Lipinski definition) is 0. The van der Waals surface area contributed by atoms with Gasteiger partial charge in [-0.15, -0.1) is 0 Å². The van der Waals surface area contributed by atoms with Crippen molar-refractivity contribution in [3.63, 3.8) is 0 Å². The smallest absolute Gasteiger partial charge is 0.185 e. The van der Waals surface area contributed by atoms with E-state index in [2.05, 4.69) is 4.98 Å². The van der Waals surface area contributed by atoms with Gasteiger partial charge in [0.05, 0.1) is 10.7 Å². The van der Waals surface area contributed by atoms with Crippen molar-refractivity contribution in [1.29, 1.82) is 0 Å². The Labute approximate surface area is 119 Å². The van der Waals surface area contributed by atoms with Crippen LogP contribution in [-0.2, 0) is 0 Å². The van der Waals surface area contributed by atoms with Crippen molar-refractivity contribution >= 4 is 22.5 Å². The molecule has 20 heavy (non-hydrogen) atoms. The molecule has 0 aliphatic heterocycles. The van der Waals surface area contributed by atoms with Crippen LogP contribution in [0, 0.1) is 18.6 Å². The third-order valence-electron chi connectivity index (χ3n) is 3.26. The standard InChI is InChI=1S/C16H10ClF2N/c1-9-13(17)11-7-8-12(18)14(19)16(11)20-15(9)10-5-3-2-4-6-10/h2-8H,1H3. The maximum absolute atomic E-state index is 13.9. The molecule has 3 rings (SSSR count). The van der Waals surface area contributed by atoms with Crippen molar-refractivity contribution in [2.75, 3.05) is 0 Å². The molecule has 0 radical (unpaired) electrons. The lowest BCUT2D eigenvalue weighted by Crippen LogP contribution is -1.96. The molecule has 1 aromatic heterocycles. The maximum Gasteiger partial charge on any atom is 0.185 e. The fraction of sp³-hybridized carbons (Fsp3) is 0.0625. The predicted molar refractivity (Wildman–Crippen MR) is 76.8 cm³/mol. The van der Waals surface area contributed by atoms with E-state index >= 15 is 0 Å². The van der Waals surface area contributed by atoms with E-state index in [0.29, 0.717) is 16.1 Å². The lowest BCUT2D eigenvalue weighted by atomic mass is 10.0. The van der Waals surface area contributed by atoms with Gasteiger partial charge in [0.1, 0.15) is 5.52 Å². The third-order valence-corrected chi connectivity index (χ3v) is 3.75. The first-order valence-electron chi connectivity index (χ1n) is 6.09. The molecule has 100 valence electrons. The van der Waals surface area contributed by atoms with Gasteiger partial charge in [0.2, 0.25) is 0 Å². The molecule has 0 aliphatic carbocycles. The van der Waals surface area contributed by atoms with Crippen LogP contribution in [0.4, 0.5) is 8.78 Å². The van der Waals surface area contributed by atoms with Crippen LogP contribution in [0.2, 0.25) is 5.02 Å². The monoisotopic (exact) mass is 289 g/mol. The summed E-state index contributed by atoms with van der Waals surface area (Å²) in [6.07, 6.45) is 0. The van der Waals surface area contributed by atoms with Gasteiger partial charge in [-0.05, 0) is 24.6 Å². The van der Waals surface area contributed by atoms with Gasteiger partial charge in [-0.3, -0.25) is 0 Å². The molecule has 0 amide bonds. The highest BCUT2D eigenvalue weighted by Crippen LogP contribution is 2.34. The first kappa shape index (κ1) is 13.0. The first-order chi connectivity index (χ1) is 9.59. The highest BCUT2D eigenvalue weighted by molar-refractivity contribution is 6.36. The molecule has 0 saturated heterocycles. The van der Waals surface area contributed by atoms with Crippen molar-refractivity contribution in [2.24, 2.45) is 0 Å². The van der Waals surface area contributed by atoms with Crippen LogP contribution in [0.15, 0.2) is 42.5 Å². The number of halogens is 3. The number of aromatic nitrogens is 1. The van der Waals surface area contributed by atoms with E-state index in [4.69, 9.17) is 11.6 Å². The van der Waals surface area contributed by atoms with Gasteiger partial charge in [0, 0.05) is 10.9 Å². The molecule has 0 spiro atoms. The molecule has 0 bridgehead atoms. The number of nitrogens with zero attached hydrogens (tertiary/aromatic N) is 1. The fourth-order valence-corrected chi connectivity index (χ4v) is 2.45. The summed E-state index contributed by atoms with van der Waals surface area (Å²) in [7, 11) is 0. The van der Waals surface area contributed by atoms with E-state index in [-0.39, 0.29) is 5.52 Å². The molecule has 2 aromatic carbocycles. The summed E-state index contributed by atoms with van der Waals surface area (Å²) in [5.74, 6) is -1.90. The van der Waals surface area contributed by atoms with Gasteiger partial charge in [-0.25, -0.2) is 13.8 Å². The molecule has 1 nitrogen and oxygen atoms in total. The van der Waals surface area contributed by atoms with Gasteiger partial charge in [-0.2, -0.15) is 0 Å². The largest absolute Gasteiger partial charge is 0.244 e. The zero-order valence-electron chi connectivity index (χ0n) is 10.6. The normalized spacial score (nSPS) is 11.0. The van der Waals surface area contributed by atoms with Crippen LogP contribution in [0.3, 0.4) is 0 Å². The molecular weight excluding hydrogens is 280 g/mol. The summed E-state index contributed by atoms with van der Waals surface area (Å²) in [6.45, 7) is 1.82.